The Balaban J connectivity index is 1.72. The van der Waals surface area contributed by atoms with Crippen LogP contribution in [0.2, 0.25) is 0 Å². The molecule has 1 aromatic heterocycles. The number of rotatable bonds is 7. The minimum atomic E-state index is -3.87. The van der Waals surface area contributed by atoms with Gasteiger partial charge in [-0.25, -0.2) is 18.4 Å². The summed E-state index contributed by atoms with van der Waals surface area (Å²) in [7, 11) is -1.87. The highest BCUT2D eigenvalue weighted by molar-refractivity contribution is 7.89. The van der Waals surface area contributed by atoms with Crippen molar-refractivity contribution in [1.29, 1.82) is 0 Å². The lowest BCUT2D eigenvalue weighted by Gasteiger charge is -2.37. The third-order valence-corrected chi connectivity index (χ3v) is 8.35. The average Bonchev–Trinajstić information content (AvgIpc) is 2.86. The molecule has 2 heterocycles. The number of benzene rings is 2. The van der Waals surface area contributed by atoms with E-state index in [1.54, 1.807) is 37.5 Å². The normalized spacial score (nSPS) is 20.9. The van der Waals surface area contributed by atoms with Gasteiger partial charge in [0.05, 0.1) is 6.61 Å². The van der Waals surface area contributed by atoms with Crippen LogP contribution in [0.5, 0.6) is 5.75 Å². The van der Waals surface area contributed by atoms with Crippen molar-refractivity contribution in [2.75, 3.05) is 26.7 Å². The summed E-state index contributed by atoms with van der Waals surface area (Å²) in [6.07, 6.45) is 4.79. The molecule has 0 radical (unpaired) electrons. The fourth-order valence-corrected chi connectivity index (χ4v) is 6.17. The largest absolute Gasteiger partial charge is 0.487 e. The zero-order chi connectivity index (χ0) is 25.0. The first kappa shape index (κ1) is 25.2. The van der Waals surface area contributed by atoms with Crippen LogP contribution in [0.3, 0.4) is 0 Å². The van der Waals surface area contributed by atoms with Crippen LogP contribution in [0.25, 0.3) is 11.1 Å². The molecule has 0 saturated carbocycles. The maximum absolute atomic E-state index is 13.7. The zero-order valence-corrected chi connectivity index (χ0v) is 21.1. The summed E-state index contributed by atoms with van der Waals surface area (Å²) >= 11 is 0. The summed E-state index contributed by atoms with van der Waals surface area (Å²) in [6, 6.07) is 14.5. The summed E-state index contributed by atoms with van der Waals surface area (Å²) in [5, 5.41) is 9.83. The summed E-state index contributed by atoms with van der Waals surface area (Å²) in [5.41, 5.74) is 2.84. The highest BCUT2D eigenvalue weighted by Gasteiger charge is 2.38. The highest BCUT2D eigenvalue weighted by Crippen LogP contribution is 2.36. The Kier molecular flexibility index (Phi) is 7.81. The Hall–Kier alpha value is -2.85. The lowest BCUT2D eigenvalue weighted by molar-refractivity contribution is 0.0733. The number of nitrogens with zero attached hydrogens (tertiary/aromatic N) is 4. The van der Waals surface area contributed by atoms with Gasteiger partial charge in [-0.05, 0) is 37.2 Å². The van der Waals surface area contributed by atoms with E-state index in [-0.39, 0.29) is 30.1 Å². The molecule has 0 spiro atoms. The minimum Gasteiger partial charge on any atom is -0.487 e. The van der Waals surface area contributed by atoms with Crippen molar-refractivity contribution in [2.24, 2.45) is 5.92 Å². The van der Waals surface area contributed by atoms with Crippen molar-refractivity contribution in [3.8, 4) is 16.9 Å². The number of aromatic nitrogens is 2. The maximum atomic E-state index is 13.7. The third-order valence-electron chi connectivity index (χ3n) is 6.33. The van der Waals surface area contributed by atoms with E-state index in [4.69, 9.17) is 4.74 Å². The molecular weight excluding hydrogens is 464 g/mol. The number of fused-ring (bicyclic) bond motifs is 1. The summed E-state index contributed by atoms with van der Waals surface area (Å²) in [6.45, 7) is 4.91. The van der Waals surface area contributed by atoms with Crippen molar-refractivity contribution >= 4 is 10.0 Å². The Morgan fingerprint density at radius 3 is 2.54 bits per heavy atom. The van der Waals surface area contributed by atoms with Gasteiger partial charge in [-0.3, -0.25) is 4.90 Å². The van der Waals surface area contributed by atoms with Crippen LogP contribution < -0.4 is 4.74 Å². The smallest absolute Gasteiger partial charge is 0.247 e. The van der Waals surface area contributed by atoms with Crippen LogP contribution in [0.15, 0.2) is 72.1 Å². The molecule has 0 fully saturated rings. The monoisotopic (exact) mass is 496 g/mol. The van der Waals surface area contributed by atoms with E-state index in [0.717, 1.165) is 16.7 Å². The molecular formula is C26H32N4O4S. The van der Waals surface area contributed by atoms with Crippen molar-refractivity contribution in [2.45, 2.75) is 37.4 Å². The Bertz CT molecular complexity index is 1220. The Morgan fingerprint density at radius 1 is 1.14 bits per heavy atom. The molecule has 3 atom stereocenters. The number of aliphatic hydroxyl groups is 1. The quantitative estimate of drug-likeness (QED) is 0.537. The Labute approximate surface area is 207 Å². The second-order valence-electron chi connectivity index (χ2n) is 9.21. The molecule has 0 unspecified atom stereocenters. The van der Waals surface area contributed by atoms with Gasteiger partial charge in [0.15, 0.2) is 0 Å². The molecule has 4 rings (SSSR count). The first-order valence-corrected chi connectivity index (χ1v) is 13.1. The number of hydrogen-bond acceptors (Lipinski definition) is 7. The van der Waals surface area contributed by atoms with Crippen molar-refractivity contribution in [3.05, 3.63) is 72.8 Å². The van der Waals surface area contributed by atoms with Gasteiger partial charge in [0.1, 0.15) is 23.1 Å². The predicted molar refractivity (Wildman–Crippen MR) is 134 cm³/mol. The van der Waals surface area contributed by atoms with Gasteiger partial charge in [-0.1, -0.05) is 43.3 Å². The second-order valence-corrected chi connectivity index (χ2v) is 11.1. The van der Waals surface area contributed by atoms with Gasteiger partial charge in [0, 0.05) is 49.6 Å². The molecule has 1 N–H and O–H groups in total. The molecule has 186 valence electrons. The van der Waals surface area contributed by atoms with Crippen LogP contribution in [0, 0.1) is 5.92 Å². The summed E-state index contributed by atoms with van der Waals surface area (Å²) in [5.74, 6) is 0.205. The van der Waals surface area contributed by atoms with Gasteiger partial charge in [0.2, 0.25) is 10.0 Å². The predicted octanol–water partition coefficient (Wildman–Crippen LogP) is 3.04. The van der Waals surface area contributed by atoms with E-state index < -0.39 is 16.1 Å². The molecule has 8 nitrogen and oxygen atoms in total. The molecule has 0 amide bonds. The van der Waals surface area contributed by atoms with Crippen LogP contribution in [0.1, 0.15) is 19.4 Å². The number of aliphatic hydroxyl groups excluding tert-OH is 1. The molecule has 0 saturated heterocycles. The third kappa shape index (κ3) is 5.70. The minimum absolute atomic E-state index is 0.119. The molecule has 3 aromatic rings. The fourth-order valence-electron chi connectivity index (χ4n) is 4.35. The standard InChI is InChI=1S/C26H32N4O4S/c1-19-14-30(20(2)17-31)35(32,33)26-10-9-23(22-7-5-4-6-8-22)11-24(26)34-25(19)16-29(3)15-21-12-27-18-28-13-21/h4-13,18-20,25,31H,14-17H2,1-3H3/t19-,20+,25+/m1/s1. The van der Waals surface area contributed by atoms with Crippen molar-refractivity contribution < 1.29 is 18.3 Å². The van der Waals surface area contributed by atoms with Crippen molar-refractivity contribution in [3.63, 3.8) is 0 Å². The second kappa shape index (κ2) is 10.8. The number of ether oxygens (including phenoxy) is 1. The fraction of sp³-hybridized carbons (Fsp3) is 0.385. The maximum Gasteiger partial charge on any atom is 0.247 e. The van der Waals surface area contributed by atoms with E-state index >= 15 is 0 Å². The van der Waals surface area contributed by atoms with E-state index in [1.165, 1.54) is 10.6 Å². The molecule has 35 heavy (non-hydrogen) atoms. The summed E-state index contributed by atoms with van der Waals surface area (Å²) < 4.78 is 35.2. The van der Waals surface area contributed by atoms with E-state index in [9.17, 15) is 13.5 Å². The van der Waals surface area contributed by atoms with E-state index in [0.29, 0.717) is 18.8 Å². The van der Waals surface area contributed by atoms with Gasteiger partial charge >= 0.3 is 0 Å². The van der Waals surface area contributed by atoms with Crippen LogP contribution in [-0.2, 0) is 16.6 Å². The molecule has 1 aliphatic heterocycles. The molecule has 0 aliphatic carbocycles. The van der Waals surface area contributed by atoms with E-state index in [2.05, 4.69) is 14.9 Å². The van der Waals surface area contributed by atoms with Gasteiger partial charge < -0.3 is 9.84 Å². The molecule has 2 aromatic carbocycles. The Morgan fingerprint density at radius 2 is 1.86 bits per heavy atom. The SMILES string of the molecule is C[C@@H]1CN([C@@H](C)CO)S(=O)(=O)c2ccc(-c3ccccc3)cc2O[C@H]1CN(C)Cc1cncnc1. The highest BCUT2D eigenvalue weighted by atomic mass is 32.2. The van der Waals surface area contributed by atoms with Gasteiger partial charge in [-0.15, -0.1) is 0 Å². The average molecular weight is 497 g/mol. The first-order chi connectivity index (χ1) is 16.8. The molecule has 1 aliphatic rings. The van der Waals surface area contributed by atoms with Gasteiger partial charge in [0.25, 0.3) is 0 Å². The van der Waals surface area contributed by atoms with E-state index in [1.807, 2.05) is 44.3 Å². The van der Waals surface area contributed by atoms with Crippen LogP contribution in [0.4, 0.5) is 0 Å². The number of sulfonamides is 1. The van der Waals surface area contributed by atoms with Crippen LogP contribution >= 0.6 is 0 Å². The molecule has 9 heteroatoms. The summed E-state index contributed by atoms with van der Waals surface area (Å²) in [4.78, 5) is 10.4. The topological polar surface area (TPSA) is 95.9 Å². The lowest BCUT2D eigenvalue weighted by atomic mass is 10.0. The zero-order valence-electron chi connectivity index (χ0n) is 20.3. The first-order valence-electron chi connectivity index (χ1n) is 11.7. The van der Waals surface area contributed by atoms with Crippen molar-refractivity contribution in [1.82, 2.24) is 19.2 Å². The molecule has 0 bridgehead atoms. The van der Waals surface area contributed by atoms with Gasteiger partial charge in [-0.2, -0.15) is 4.31 Å². The van der Waals surface area contributed by atoms with Crippen LogP contribution in [-0.4, -0.2) is 71.6 Å². The number of hydrogen-bond donors (Lipinski definition) is 1. The lowest BCUT2D eigenvalue weighted by Crippen LogP contribution is -2.49. The number of likely N-dealkylation sites (N-methyl/N-ethyl adjacent to an activating group) is 1.